The summed E-state index contributed by atoms with van der Waals surface area (Å²) in [5, 5.41) is 0. The topological polar surface area (TPSA) is 20.3 Å². The van der Waals surface area contributed by atoms with Crippen molar-refractivity contribution in [3.05, 3.63) is 71.8 Å². The van der Waals surface area contributed by atoms with Crippen molar-refractivity contribution in [2.45, 2.75) is 32.2 Å². The van der Waals surface area contributed by atoms with E-state index in [4.69, 9.17) is 0 Å². The number of amides is 1. The minimum atomic E-state index is -0.253. The number of carbonyl (C=O) groups excluding carboxylic acids is 1. The molecule has 0 heterocycles. The summed E-state index contributed by atoms with van der Waals surface area (Å²) < 4.78 is 0. The molecule has 0 atom stereocenters. The maximum atomic E-state index is 13.0. The van der Waals surface area contributed by atoms with E-state index in [0.29, 0.717) is 0 Å². The van der Waals surface area contributed by atoms with Crippen LogP contribution in [0.4, 0.5) is 0 Å². The first-order chi connectivity index (χ1) is 9.91. The van der Waals surface area contributed by atoms with Gasteiger partial charge in [0, 0.05) is 12.6 Å². The Morgan fingerprint density at radius 3 is 1.57 bits per heavy atom. The molecular weight excluding hydrogens is 258 g/mol. The van der Waals surface area contributed by atoms with Crippen LogP contribution < -0.4 is 0 Å². The summed E-state index contributed by atoms with van der Waals surface area (Å²) in [6.45, 7) is 6.16. The van der Waals surface area contributed by atoms with Crippen LogP contribution in [0, 0.1) is 0 Å². The predicted molar refractivity (Wildman–Crippen MR) is 87.3 cm³/mol. The monoisotopic (exact) mass is 281 g/mol. The van der Waals surface area contributed by atoms with E-state index in [1.165, 1.54) is 0 Å². The third-order valence-corrected chi connectivity index (χ3v) is 3.85. The summed E-state index contributed by atoms with van der Waals surface area (Å²) in [6.07, 6.45) is 0. The Labute approximate surface area is 127 Å². The number of benzene rings is 2. The first-order valence-electron chi connectivity index (χ1n) is 7.29. The van der Waals surface area contributed by atoms with Crippen molar-refractivity contribution in [3.8, 4) is 0 Å². The van der Waals surface area contributed by atoms with Gasteiger partial charge in [0.05, 0.1) is 5.92 Å². The fraction of sp³-hybridized carbons (Fsp3) is 0.316. The maximum absolute atomic E-state index is 13.0. The van der Waals surface area contributed by atoms with Crippen LogP contribution in [0.25, 0.3) is 0 Å². The van der Waals surface area contributed by atoms with Crippen molar-refractivity contribution in [1.82, 2.24) is 4.90 Å². The van der Waals surface area contributed by atoms with Gasteiger partial charge in [0.2, 0.25) is 5.91 Å². The third-order valence-electron chi connectivity index (χ3n) is 3.85. The zero-order chi connectivity index (χ0) is 15.5. The van der Waals surface area contributed by atoms with E-state index in [9.17, 15) is 4.79 Å². The molecule has 1 amide bonds. The smallest absolute Gasteiger partial charge is 0.234 e. The second-order valence-corrected chi connectivity index (χ2v) is 6.32. The Morgan fingerprint density at radius 2 is 1.24 bits per heavy atom. The standard InChI is InChI=1S/C19H23NO/c1-19(2,3)20(4)18(21)17(15-11-7-5-8-12-15)16-13-9-6-10-14-16/h5-14,17H,1-4H3. The van der Waals surface area contributed by atoms with Gasteiger partial charge in [-0.1, -0.05) is 60.7 Å². The molecule has 0 saturated heterocycles. The highest BCUT2D eigenvalue weighted by Crippen LogP contribution is 2.28. The molecule has 0 radical (unpaired) electrons. The first kappa shape index (κ1) is 15.3. The van der Waals surface area contributed by atoms with Crippen molar-refractivity contribution in [1.29, 1.82) is 0 Å². The summed E-state index contributed by atoms with van der Waals surface area (Å²) in [5.41, 5.74) is 1.87. The molecule has 2 aromatic rings. The molecule has 2 rings (SSSR count). The number of rotatable bonds is 3. The molecule has 0 bridgehead atoms. The molecule has 0 saturated carbocycles. The van der Waals surface area contributed by atoms with Gasteiger partial charge in [-0.25, -0.2) is 0 Å². The molecule has 0 fully saturated rings. The summed E-state index contributed by atoms with van der Waals surface area (Å²) in [6, 6.07) is 20.0. The van der Waals surface area contributed by atoms with Gasteiger partial charge in [0.15, 0.2) is 0 Å². The lowest BCUT2D eigenvalue weighted by Gasteiger charge is -2.35. The summed E-state index contributed by atoms with van der Waals surface area (Å²) >= 11 is 0. The second kappa shape index (κ2) is 6.13. The summed E-state index contributed by atoms with van der Waals surface area (Å²) in [7, 11) is 1.88. The zero-order valence-corrected chi connectivity index (χ0v) is 13.2. The van der Waals surface area contributed by atoms with Gasteiger partial charge >= 0.3 is 0 Å². The van der Waals surface area contributed by atoms with Crippen LogP contribution in [-0.4, -0.2) is 23.4 Å². The summed E-state index contributed by atoms with van der Waals surface area (Å²) in [5.74, 6) is -0.128. The predicted octanol–water partition coefficient (Wildman–Crippen LogP) is 4.08. The molecular formula is C19H23NO. The molecule has 0 aliphatic carbocycles. The van der Waals surface area contributed by atoms with E-state index >= 15 is 0 Å². The lowest BCUT2D eigenvalue weighted by Crippen LogP contribution is -2.45. The molecule has 21 heavy (non-hydrogen) atoms. The third kappa shape index (κ3) is 3.52. The molecule has 0 unspecified atom stereocenters. The molecule has 2 nitrogen and oxygen atoms in total. The number of hydrogen-bond acceptors (Lipinski definition) is 1. The highest BCUT2D eigenvalue weighted by atomic mass is 16.2. The molecule has 0 spiro atoms. The van der Waals surface area contributed by atoms with Crippen LogP contribution in [0.15, 0.2) is 60.7 Å². The van der Waals surface area contributed by atoms with Crippen LogP contribution in [-0.2, 0) is 4.79 Å². The molecule has 2 aromatic carbocycles. The quantitative estimate of drug-likeness (QED) is 0.830. The van der Waals surface area contributed by atoms with Crippen molar-refractivity contribution >= 4 is 5.91 Å². The van der Waals surface area contributed by atoms with E-state index in [1.807, 2.05) is 72.6 Å². The second-order valence-electron chi connectivity index (χ2n) is 6.32. The Bertz CT molecular complexity index is 544. The first-order valence-corrected chi connectivity index (χ1v) is 7.29. The number of carbonyl (C=O) groups is 1. The lowest BCUT2D eigenvalue weighted by atomic mass is 9.89. The molecule has 110 valence electrons. The van der Waals surface area contributed by atoms with Crippen molar-refractivity contribution < 1.29 is 4.79 Å². The maximum Gasteiger partial charge on any atom is 0.234 e. The van der Waals surface area contributed by atoms with Crippen molar-refractivity contribution in [3.63, 3.8) is 0 Å². The average molecular weight is 281 g/mol. The van der Waals surface area contributed by atoms with E-state index in [-0.39, 0.29) is 17.4 Å². The SMILES string of the molecule is CN(C(=O)C(c1ccccc1)c1ccccc1)C(C)(C)C. The van der Waals surface area contributed by atoms with Gasteiger partial charge < -0.3 is 4.90 Å². The molecule has 0 aromatic heterocycles. The molecule has 0 aliphatic rings. The van der Waals surface area contributed by atoms with Crippen LogP contribution in [0.1, 0.15) is 37.8 Å². The Kier molecular flexibility index (Phi) is 4.46. The molecule has 0 aliphatic heterocycles. The number of hydrogen-bond donors (Lipinski definition) is 0. The van der Waals surface area contributed by atoms with E-state index < -0.39 is 0 Å². The van der Waals surface area contributed by atoms with Gasteiger partial charge in [-0.05, 0) is 31.9 Å². The van der Waals surface area contributed by atoms with Crippen molar-refractivity contribution in [2.75, 3.05) is 7.05 Å². The summed E-state index contributed by atoms with van der Waals surface area (Å²) in [4.78, 5) is 14.8. The zero-order valence-electron chi connectivity index (χ0n) is 13.2. The van der Waals surface area contributed by atoms with Gasteiger partial charge in [-0.15, -0.1) is 0 Å². The Hall–Kier alpha value is -2.09. The Balaban J connectivity index is 2.45. The van der Waals surface area contributed by atoms with E-state index in [2.05, 4.69) is 20.8 Å². The van der Waals surface area contributed by atoms with Gasteiger partial charge in [0.1, 0.15) is 0 Å². The lowest BCUT2D eigenvalue weighted by molar-refractivity contribution is -0.134. The number of nitrogens with zero attached hydrogens (tertiary/aromatic N) is 1. The fourth-order valence-electron chi connectivity index (χ4n) is 2.29. The largest absolute Gasteiger partial charge is 0.340 e. The molecule has 0 N–H and O–H groups in total. The highest BCUT2D eigenvalue weighted by molar-refractivity contribution is 5.87. The van der Waals surface area contributed by atoms with Gasteiger partial charge in [0.25, 0.3) is 0 Å². The van der Waals surface area contributed by atoms with Crippen LogP contribution in [0.2, 0.25) is 0 Å². The minimum absolute atomic E-state index is 0.125. The normalized spacial score (nSPS) is 11.5. The van der Waals surface area contributed by atoms with Crippen LogP contribution >= 0.6 is 0 Å². The fourth-order valence-corrected chi connectivity index (χ4v) is 2.29. The van der Waals surface area contributed by atoms with Gasteiger partial charge in [-0.2, -0.15) is 0 Å². The number of likely N-dealkylation sites (N-methyl/N-ethyl adjacent to an activating group) is 1. The molecule has 2 heteroatoms. The Morgan fingerprint density at radius 1 is 0.857 bits per heavy atom. The average Bonchev–Trinajstić information content (AvgIpc) is 2.48. The minimum Gasteiger partial charge on any atom is -0.340 e. The van der Waals surface area contributed by atoms with E-state index in [0.717, 1.165) is 11.1 Å². The highest BCUT2D eigenvalue weighted by Gasteiger charge is 2.30. The van der Waals surface area contributed by atoms with E-state index in [1.54, 1.807) is 0 Å². The van der Waals surface area contributed by atoms with Crippen LogP contribution in [0.5, 0.6) is 0 Å². The van der Waals surface area contributed by atoms with Gasteiger partial charge in [-0.3, -0.25) is 4.79 Å². The van der Waals surface area contributed by atoms with Crippen LogP contribution in [0.3, 0.4) is 0 Å². The van der Waals surface area contributed by atoms with Crippen molar-refractivity contribution in [2.24, 2.45) is 0 Å².